The molecule has 39 heavy (non-hydrogen) atoms. The minimum Gasteiger partial charge on any atom is -0.442 e. The molecule has 0 aromatic heterocycles. The zero-order valence-corrected chi connectivity index (χ0v) is 21.8. The Morgan fingerprint density at radius 3 is 2.36 bits per heavy atom. The molecule has 4 N–H and O–H groups in total. The quantitative estimate of drug-likeness (QED) is 0.156. The Kier molecular flexibility index (Phi) is 9.92. The van der Waals surface area contributed by atoms with Gasteiger partial charge in [0.1, 0.15) is 11.6 Å². The number of hydroxylamine groups is 2. The fraction of sp³-hybridized carbons (Fsp3) is 0.500. The standard InChI is InChI=1S/C24H31N5O10/c1-24(2,3)39-23(35)28-38-12-10-36-9-11-37-27-18(31)13-25-15-6-4-5-14-19(15)22(34)29(21(14)33)16-7-8-17(30)26-20(16)32/h4-6,16,25H,7-13H2,1-3H3,(H,27,31)(H,28,35)(H,26,30,32). The third-order valence-corrected chi connectivity index (χ3v) is 5.31. The molecule has 0 radical (unpaired) electrons. The lowest BCUT2D eigenvalue weighted by molar-refractivity contribution is -0.136. The molecular formula is C24H31N5O10. The molecule has 2 heterocycles. The highest BCUT2D eigenvalue weighted by molar-refractivity contribution is 6.25. The molecule has 0 bridgehead atoms. The van der Waals surface area contributed by atoms with Crippen LogP contribution in [0.3, 0.4) is 0 Å². The van der Waals surface area contributed by atoms with Gasteiger partial charge in [-0.25, -0.2) is 10.3 Å². The molecule has 0 spiro atoms. The number of rotatable bonds is 12. The molecule has 1 aromatic rings. The molecule has 2 aliphatic heterocycles. The highest BCUT2D eigenvalue weighted by atomic mass is 16.7. The van der Waals surface area contributed by atoms with Crippen LogP contribution in [0.25, 0.3) is 0 Å². The summed E-state index contributed by atoms with van der Waals surface area (Å²) in [6.07, 6.45) is -0.664. The Labute approximate surface area is 223 Å². The van der Waals surface area contributed by atoms with E-state index < -0.39 is 47.3 Å². The topological polar surface area (TPSA) is 191 Å². The molecule has 15 heteroatoms. The summed E-state index contributed by atoms with van der Waals surface area (Å²) in [5, 5.41) is 4.94. The number of benzene rings is 1. The van der Waals surface area contributed by atoms with E-state index in [1.807, 2.05) is 0 Å². The van der Waals surface area contributed by atoms with Gasteiger partial charge < -0.3 is 14.8 Å². The van der Waals surface area contributed by atoms with Gasteiger partial charge in [0.25, 0.3) is 17.7 Å². The summed E-state index contributed by atoms with van der Waals surface area (Å²) in [5.74, 6) is -3.06. The number of amides is 6. The van der Waals surface area contributed by atoms with Gasteiger partial charge in [0.15, 0.2) is 0 Å². The molecule has 1 unspecified atom stereocenters. The number of ether oxygens (including phenoxy) is 2. The maximum absolute atomic E-state index is 13.1. The van der Waals surface area contributed by atoms with Crippen molar-refractivity contribution < 1.29 is 47.9 Å². The van der Waals surface area contributed by atoms with Crippen LogP contribution in [0.2, 0.25) is 0 Å². The Balaban J connectivity index is 1.36. The normalized spacial score (nSPS) is 17.0. The first-order valence-corrected chi connectivity index (χ1v) is 12.2. The number of carbonyl (C=O) groups is 6. The van der Waals surface area contributed by atoms with Crippen molar-refractivity contribution in [3.8, 4) is 0 Å². The molecular weight excluding hydrogens is 518 g/mol. The zero-order chi connectivity index (χ0) is 28.6. The van der Waals surface area contributed by atoms with Crippen LogP contribution < -0.4 is 21.6 Å². The van der Waals surface area contributed by atoms with Gasteiger partial charge in [-0.1, -0.05) is 6.07 Å². The van der Waals surface area contributed by atoms with E-state index in [-0.39, 0.29) is 62.6 Å². The predicted molar refractivity (Wildman–Crippen MR) is 132 cm³/mol. The number of nitrogens with one attached hydrogen (secondary N) is 4. The summed E-state index contributed by atoms with van der Waals surface area (Å²) in [7, 11) is 0. The highest BCUT2D eigenvalue weighted by Gasteiger charge is 2.45. The summed E-state index contributed by atoms with van der Waals surface area (Å²) in [4.78, 5) is 83.9. The average molecular weight is 550 g/mol. The maximum atomic E-state index is 13.1. The molecule has 15 nitrogen and oxygen atoms in total. The van der Waals surface area contributed by atoms with Gasteiger partial charge in [-0.05, 0) is 39.3 Å². The molecule has 6 amide bonds. The SMILES string of the molecule is CC(C)(C)OC(=O)NOCCOCCONC(=O)CNc1cccc2c1C(=O)N(C1CCC(=O)NC1=O)C2=O. The van der Waals surface area contributed by atoms with Crippen LogP contribution in [-0.2, 0) is 33.5 Å². The summed E-state index contributed by atoms with van der Waals surface area (Å²) in [5.41, 5.74) is 4.06. The largest absolute Gasteiger partial charge is 0.442 e. The number of hydrogen-bond acceptors (Lipinski definition) is 11. The number of hydrogen-bond donors (Lipinski definition) is 4. The molecule has 1 fully saturated rings. The van der Waals surface area contributed by atoms with Crippen molar-refractivity contribution in [3.05, 3.63) is 29.3 Å². The van der Waals surface area contributed by atoms with E-state index >= 15 is 0 Å². The summed E-state index contributed by atoms with van der Waals surface area (Å²) < 4.78 is 10.2. The first-order valence-electron chi connectivity index (χ1n) is 12.2. The molecule has 1 aromatic carbocycles. The van der Waals surface area contributed by atoms with Crippen molar-refractivity contribution >= 4 is 41.3 Å². The van der Waals surface area contributed by atoms with E-state index in [1.165, 1.54) is 12.1 Å². The third kappa shape index (κ3) is 8.20. The van der Waals surface area contributed by atoms with Gasteiger partial charge in [0.2, 0.25) is 11.8 Å². The number of anilines is 1. The van der Waals surface area contributed by atoms with Gasteiger partial charge in [0.05, 0.1) is 44.1 Å². The van der Waals surface area contributed by atoms with E-state index in [0.29, 0.717) is 0 Å². The second kappa shape index (κ2) is 13.1. The molecule has 212 valence electrons. The fourth-order valence-electron chi connectivity index (χ4n) is 3.72. The Morgan fingerprint density at radius 2 is 1.69 bits per heavy atom. The first-order chi connectivity index (χ1) is 18.5. The van der Waals surface area contributed by atoms with Gasteiger partial charge in [0, 0.05) is 12.1 Å². The van der Waals surface area contributed by atoms with E-state index in [1.54, 1.807) is 26.8 Å². The summed E-state index contributed by atoms with van der Waals surface area (Å²) in [6.45, 7) is 5.26. The maximum Gasteiger partial charge on any atom is 0.431 e. The van der Waals surface area contributed by atoms with E-state index in [9.17, 15) is 28.8 Å². The Morgan fingerprint density at radius 1 is 1.00 bits per heavy atom. The third-order valence-electron chi connectivity index (χ3n) is 5.31. The number of nitrogens with zero attached hydrogens (tertiary/aromatic N) is 1. The van der Waals surface area contributed by atoms with Crippen LogP contribution in [-0.4, -0.2) is 85.1 Å². The predicted octanol–water partition coefficient (Wildman–Crippen LogP) is 0.0204. The number of carbonyl (C=O) groups excluding carboxylic acids is 6. The van der Waals surface area contributed by atoms with Crippen LogP contribution in [0.15, 0.2) is 18.2 Å². The van der Waals surface area contributed by atoms with Crippen LogP contribution in [0.1, 0.15) is 54.3 Å². The van der Waals surface area contributed by atoms with E-state index in [0.717, 1.165) is 4.90 Å². The Bertz CT molecular complexity index is 1130. The minimum absolute atomic E-state index is 0.0131. The molecule has 1 atom stereocenters. The smallest absolute Gasteiger partial charge is 0.431 e. The van der Waals surface area contributed by atoms with Gasteiger partial charge in [-0.15, -0.1) is 0 Å². The monoisotopic (exact) mass is 549 g/mol. The van der Waals surface area contributed by atoms with Crippen LogP contribution >= 0.6 is 0 Å². The minimum atomic E-state index is -1.09. The Hall–Kier alpha value is -4.08. The molecule has 0 saturated carbocycles. The number of piperidine rings is 1. The lowest BCUT2D eigenvalue weighted by Crippen LogP contribution is -2.54. The van der Waals surface area contributed by atoms with Gasteiger partial charge in [-0.2, -0.15) is 5.48 Å². The summed E-state index contributed by atoms with van der Waals surface area (Å²) in [6, 6.07) is 3.43. The molecule has 1 saturated heterocycles. The van der Waals surface area contributed by atoms with Crippen molar-refractivity contribution in [1.29, 1.82) is 0 Å². The van der Waals surface area contributed by atoms with Crippen molar-refractivity contribution in [3.63, 3.8) is 0 Å². The molecule has 2 aliphatic rings. The second-order valence-corrected chi connectivity index (χ2v) is 9.47. The molecule has 3 rings (SSSR count). The zero-order valence-electron chi connectivity index (χ0n) is 21.8. The highest BCUT2D eigenvalue weighted by Crippen LogP contribution is 2.32. The van der Waals surface area contributed by atoms with E-state index in [4.69, 9.17) is 19.1 Å². The first kappa shape index (κ1) is 29.5. The lowest BCUT2D eigenvalue weighted by Gasteiger charge is -2.27. The average Bonchev–Trinajstić information content (AvgIpc) is 3.11. The second-order valence-electron chi connectivity index (χ2n) is 9.47. The number of fused-ring (bicyclic) bond motifs is 1. The van der Waals surface area contributed by atoms with Crippen LogP contribution in [0, 0.1) is 0 Å². The van der Waals surface area contributed by atoms with Crippen LogP contribution in [0.4, 0.5) is 10.5 Å². The molecule has 0 aliphatic carbocycles. The van der Waals surface area contributed by atoms with Crippen molar-refractivity contribution in [2.45, 2.75) is 45.3 Å². The van der Waals surface area contributed by atoms with Crippen molar-refractivity contribution in [1.82, 2.24) is 21.2 Å². The van der Waals surface area contributed by atoms with E-state index in [2.05, 4.69) is 21.6 Å². The van der Waals surface area contributed by atoms with Crippen LogP contribution in [0.5, 0.6) is 0 Å². The lowest BCUT2D eigenvalue weighted by atomic mass is 10.0. The fourth-order valence-corrected chi connectivity index (χ4v) is 3.72. The number of imide groups is 2. The van der Waals surface area contributed by atoms with Crippen molar-refractivity contribution in [2.24, 2.45) is 0 Å². The van der Waals surface area contributed by atoms with Crippen molar-refractivity contribution in [2.75, 3.05) is 38.3 Å². The summed E-state index contributed by atoms with van der Waals surface area (Å²) >= 11 is 0. The van der Waals surface area contributed by atoms with Gasteiger partial charge >= 0.3 is 6.09 Å². The van der Waals surface area contributed by atoms with Gasteiger partial charge in [-0.3, -0.25) is 43.9 Å².